The number of hydrogen-bond acceptors (Lipinski definition) is 5. The van der Waals surface area contributed by atoms with Gasteiger partial charge in [-0.1, -0.05) is 30.3 Å². The molecule has 2 N–H and O–H groups in total. The number of amides is 1. The van der Waals surface area contributed by atoms with E-state index in [1.807, 2.05) is 49.3 Å². The summed E-state index contributed by atoms with van der Waals surface area (Å²) in [6, 6.07) is 14.0. The zero-order valence-electron chi connectivity index (χ0n) is 14.9. The van der Waals surface area contributed by atoms with E-state index in [1.54, 1.807) is 0 Å². The molecule has 26 heavy (non-hydrogen) atoms. The van der Waals surface area contributed by atoms with Crippen LogP contribution < -0.4 is 5.73 Å². The van der Waals surface area contributed by atoms with Gasteiger partial charge in [0.25, 0.3) is 5.91 Å². The van der Waals surface area contributed by atoms with Crippen molar-refractivity contribution >= 4 is 22.8 Å². The summed E-state index contributed by atoms with van der Waals surface area (Å²) in [4.78, 5) is 25.7. The lowest BCUT2D eigenvalue weighted by Gasteiger charge is -2.17. The van der Waals surface area contributed by atoms with Crippen LogP contribution in [0.1, 0.15) is 27.2 Å². The maximum Gasteiger partial charge on any atom is 0.273 e. The zero-order valence-corrected chi connectivity index (χ0v) is 14.9. The first kappa shape index (κ1) is 16.5. The lowest BCUT2D eigenvalue weighted by atomic mass is 10.1. The van der Waals surface area contributed by atoms with Crippen LogP contribution in [-0.4, -0.2) is 39.8 Å². The standard InChI is InChI=1S/C20H21N5O/c1-24(2)10-13-7-8-17-16(9-13)18(23-20(21)22-17)19(26)25-11-14-5-3-4-6-15(14)12-25/h3-9H,10-12H2,1-2H3,(H2,21,22,23). The van der Waals surface area contributed by atoms with Gasteiger partial charge in [0.05, 0.1) is 5.52 Å². The number of rotatable bonds is 3. The molecule has 132 valence electrons. The molecular formula is C20H21N5O. The number of anilines is 1. The van der Waals surface area contributed by atoms with Gasteiger partial charge in [0, 0.05) is 25.0 Å². The van der Waals surface area contributed by atoms with Crippen LogP contribution in [0.25, 0.3) is 10.9 Å². The first-order valence-corrected chi connectivity index (χ1v) is 8.58. The first-order chi connectivity index (χ1) is 12.5. The van der Waals surface area contributed by atoms with E-state index in [2.05, 4.69) is 27.0 Å². The van der Waals surface area contributed by atoms with E-state index in [1.165, 1.54) is 11.1 Å². The molecule has 0 atom stereocenters. The van der Waals surface area contributed by atoms with E-state index in [9.17, 15) is 4.79 Å². The van der Waals surface area contributed by atoms with Crippen molar-refractivity contribution < 1.29 is 4.79 Å². The van der Waals surface area contributed by atoms with E-state index < -0.39 is 0 Å². The van der Waals surface area contributed by atoms with Gasteiger partial charge in [-0.25, -0.2) is 9.97 Å². The Hall–Kier alpha value is -2.99. The number of benzene rings is 2. The minimum atomic E-state index is -0.109. The summed E-state index contributed by atoms with van der Waals surface area (Å²) in [7, 11) is 4.02. The van der Waals surface area contributed by atoms with Crippen molar-refractivity contribution in [3.05, 3.63) is 64.8 Å². The van der Waals surface area contributed by atoms with Crippen molar-refractivity contribution in [2.75, 3.05) is 19.8 Å². The van der Waals surface area contributed by atoms with E-state index in [-0.39, 0.29) is 11.9 Å². The van der Waals surface area contributed by atoms with Crippen molar-refractivity contribution in [1.29, 1.82) is 0 Å². The Balaban J connectivity index is 1.74. The molecular weight excluding hydrogens is 326 g/mol. The largest absolute Gasteiger partial charge is 0.368 e. The van der Waals surface area contributed by atoms with Crippen LogP contribution in [0.4, 0.5) is 5.95 Å². The quantitative estimate of drug-likeness (QED) is 0.787. The highest BCUT2D eigenvalue weighted by Crippen LogP contribution is 2.26. The summed E-state index contributed by atoms with van der Waals surface area (Å²) >= 11 is 0. The Bertz CT molecular complexity index is 974. The number of nitrogens with two attached hydrogens (primary N) is 1. The summed E-state index contributed by atoms with van der Waals surface area (Å²) in [5, 5.41) is 0.750. The number of carbonyl (C=O) groups is 1. The second kappa shape index (κ2) is 6.38. The van der Waals surface area contributed by atoms with Gasteiger partial charge in [-0.05, 0) is 42.9 Å². The second-order valence-electron chi connectivity index (χ2n) is 6.95. The molecule has 0 aliphatic carbocycles. The van der Waals surface area contributed by atoms with Gasteiger partial charge < -0.3 is 15.5 Å². The SMILES string of the molecule is CN(C)Cc1ccc2nc(N)nc(C(=O)N3Cc4ccccc4C3)c2c1. The van der Waals surface area contributed by atoms with Gasteiger partial charge in [-0.2, -0.15) is 0 Å². The molecule has 0 radical (unpaired) electrons. The summed E-state index contributed by atoms with van der Waals surface area (Å²) in [5.41, 5.74) is 10.4. The number of nitrogen functional groups attached to an aromatic ring is 1. The molecule has 6 nitrogen and oxygen atoms in total. The average Bonchev–Trinajstić information content (AvgIpc) is 3.04. The topological polar surface area (TPSA) is 75.4 Å². The zero-order chi connectivity index (χ0) is 18.3. The van der Waals surface area contributed by atoms with Crippen LogP contribution in [0, 0.1) is 0 Å². The van der Waals surface area contributed by atoms with Gasteiger partial charge in [0.1, 0.15) is 5.69 Å². The fourth-order valence-corrected chi connectivity index (χ4v) is 3.45. The Labute approximate surface area is 152 Å². The Kier molecular flexibility index (Phi) is 4.05. The molecule has 0 saturated carbocycles. The molecule has 2 aromatic carbocycles. The van der Waals surface area contributed by atoms with E-state index in [0.29, 0.717) is 24.3 Å². The number of carbonyl (C=O) groups excluding carboxylic acids is 1. The molecule has 6 heteroatoms. The van der Waals surface area contributed by atoms with E-state index in [0.717, 1.165) is 17.5 Å². The van der Waals surface area contributed by atoms with Gasteiger partial charge in [0.2, 0.25) is 5.95 Å². The fraction of sp³-hybridized carbons (Fsp3) is 0.250. The van der Waals surface area contributed by atoms with Crippen LogP contribution in [-0.2, 0) is 19.6 Å². The molecule has 0 unspecified atom stereocenters. The lowest BCUT2D eigenvalue weighted by molar-refractivity contribution is 0.0747. The summed E-state index contributed by atoms with van der Waals surface area (Å²) in [6.45, 7) is 1.97. The minimum absolute atomic E-state index is 0.109. The minimum Gasteiger partial charge on any atom is -0.368 e. The normalized spacial score (nSPS) is 13.4. The van der Waals surface area contributed by atoms with Crippen LogP contribution in [0.3, 0.4) is 0 Å². The van der Waals surface area contributed by atoms with Crippen LogP contribution in [0.15, 0.2) is 42.5 Å². The Morgan fingerprint density at radius 2 is 1.81 bits per heavy atom. The molecule has 0 spiro atoms. The molecule has 0 fully saturated rings. The van der Waals surface area contributed by atoms with Crippen molar-refractivity contribution in [2.24, 2.45) is 0 Å². The maximum atomic E-state index is 13.2. The smallest absolute Gasteiger partial charge is 0.273 e. The van der Waals surface area contributed by atoms with Crippen LogP contribution in [0.5, 0.6) is 0 Å². The van der Waals surface area contributed by atoms with Gasteiger partial charge >= 0.3 is 0 Å². The number of nitrogens with zero attached hydrogens (tertiary/aromatic N) is 4. The number of aromatic nitrogens is 2. The molecule has 1 aromatic heterocycles. The highest BCUT2D eigenvalue weighted by molar-refractivity contribution is 6.05. The summed E-state index contributed by atoms with van der Waals surface area (Å²) < 4.78 is 0. The molecule has 4 rings (SSSR count). The predicted octanol–water partition coefficient (Wildman–Crippen LogP) is 2.43. The third-order valence-corrected chi connectivity index (χ3v) is 4.61. The Morgan fingerprint density at radius 3 is 2.46 bits per heavy atom. The number of fused-ring (bicyclic) bond motifs is 2. The van der Waals surface area contributed by atoms with Gasteiger partial charge in [-0.15, -0.1) is 0 Å². The maximum absolute atomic E-state index is 13.2. The average molecular weight is 347 g/mol. The third kappa shape index (κ3) is 2.99. The van der Waals surface area contributed by atoms with Crippen molar-refractivity contribution in [2.45, 2.75) is 19.6 Å². The third-order valence-electron chi connectivity index (χ3n) is 4.61. The molecule has 0 saturated heterocycles. The Morgan fingerprint density at radius 1 is 1.12 bits per heavy atom. The monoisotopic (exact) mass is 347 g/mol. The van der Waals surface area contributed by atoms with Gasteiger partial charge in [-0.3, -0.25) is 4.79 Å². The van der Waals surface area contributed by atoms with Crippen molar-refractivity contribution in [3.63, 3.8) is 0 Å². The highest BCUT2D eigenvalue weighted by Gasteiger charge is 2.26. The summed E-state index contributed by atoms with van der Waals surface area (Å²) in [5.74, 6) is 0.0141. The molecule has 1 amide bonds. The molecule has 1 aliphatic heterocycles. The van der Waals surface area contributed by atoms with Gasteiger partial charge in [0.15, 0.2) is 0 Å². The van der Waals surface area contributed by atoms with Crippen LogP contribution >= 0.6 is 0 Å². The molecule has 3 aromatic rings. The van der Waals surface area contributed by atoms with E-state index in [4.69, 9.17) is 5.73 Å². The predicted molar refractivity (Wildman–Crippen MR) is 101 cm³/mol. The van der Waals surface area contributed by atoms with E-state index >= 15 is 0 Å². The lowest BCUT2D eigenvalue weighted by Crippen LogP contribution is -2.27. The number of hydrogen-bond donors (Lipinski definition) is 1. The van der Waals surface area contributed by atoms with Crippen LogP contribution in [0.2, 0.25) is 0 Å². The molecule has 1 aliphatic rings. The molecule has 2 heterocycles. The summed E-state index contributed by atoms with van der Waals surface area (Å²) in [6.07, 6.45) is 0. The fourth-order valence-electron chi connectivity index (χ4n) is 3.45. The van der Waals surface area contributed by atoms with Crippen molar-refractivity contribution in [3.8, 4) is 0 Å². The molecule has 0 bridgehead atoms. The highest BCUT2D eigenvalue weighted by atomic mass is 16.2. The van der Waals surface area contributed by atoms with Crippen molar-refractivity contribution in [1.82, 2.24) is 19.8 Å². The first-order valence-electron chi connectivity index (χ1n) is 8.58. The second-order valence-corrected chi connectivity index (χ2v) is 6.95.